The SMILES string of the molecule is O=C(COc1ccc(-c2cc3c(N4CCN(C(=O)C5CC5)CC4)ccnc3[nH]2)cc1)N1CCC1. The number of likely N-dealkylation sites (tertiary alicyclic amines) is 1. The molecule has 3 fully saturated rings. The molecule has 2 amide bonds. The fourth-order valence-electron chi connectivity index (χ4n) is 4.73. The van der Waals surface area contributed by atoms with Gasteiger partial charge in [-0.2, -0.15) is 0 Å². The Morgan fingerprint density at radius 2 is 1.74 bits per heavy atom. The molecule has 1 saturated carbocycles. The largest absolute Gasteiger partial charge is 0.484 e. The number of fused-ring (bicyclic) bond motifs is 1. The van der Waals surface area contributed by atoms with E-state index in [0.717, 1.165) is 86.5 Å². The van der Waals surface area contributed by atoms with Crippen molar-refractivity contribution in [1.82, 2.24) is 19.8 Å². The van der Waals surface area contributed by atoms with Gasteiger partial charge in [-0.25, -0.2) is 4.98 Å². The zero-order valence-corrected chi connectivity index (χ0v) is 19.2. The number of rotatable bonds is 6. The number of carbonyl (C=O) groups excluding carboxylic acids is 2. The molecule has 3 aliphatic rings. The molecule has 1 aromatic carbocycles. The Bertz CT molecular complexity index is 1200. The van der Waals surface area contributed by atoms with Gasteiger partial charge in [0.2, 0.25) is 5.91 Å². The van der Waals surface area contributed by atoms with E-state index in [1.807, 2.05) is 40.3 Å². The zero-order chi connectivity index (χ0) is 23.1. The number of ether oxygens (including phenoxy) is 1. The predicted molar refractivity (Wildman–Crippen MR) is 130 cm³/mol. The number of piperazine rings is 1. The lowest BCUT2D eigenvalue weighted by Gasteiger charge is -2.36. The van der Waals surface area contributed by atoms with Crippen LogP contribution in [0.15, 0.2) is 42.6 Å². The number of benzene rings is 1. The van der Waals surface area contributed by atoms with Crippen LogP contribution in [-0.4, -0.2) is 77.5 Å². The van der Waals surface area contributed by atoms with Crippen LogP contribution in [0.3, 0.4) is 0 Å². The summed E-state index contributed by atoms with van der Waals surface area (Å²) in [5.74, 6) is 1.35. The van der Waals surface area contributed by atoms with Gasteiger partial charge >= 0.3 is 0 Å². The van der Waals surface area contributed by atoms with Gasteiger partial charge in [0.25, 0.3) is 5.91 Å². The molecule has 0 radical (unpaired) electrons. The van der Waals surface area contributed by atoms with E-state index in [4.69, 9.17) is 4.74 Å². The Morgan fingerprint density at radius 3 is 2.41 bits per heavy atom. The van der Waals surface area contributed by atoms with Gasteiger partial charge in [0.15, 0.2) is 6.61 Å². The molecule has 1 aliphatic carbocycles. The number of pyridine rings is 1. The Morgan fingerprint density at radius 1 is 0.971 bits per heavy atom. The van der Waals surface area contributed by atoms with E-state index in [2.05, 4.69) is 27.0 Å². The minimum absolute atomic E-state index is 0.0438. The van der Waals surface area contributed by atoms with Gasteiger partial charge in [0.05, 0.1) is 0 Å². The van der Waals surface area contributed by atoms with Crippen LogP contribution in [0.5, 0.6) is 5.75 Å². The van der Waals surface area contributed by atoms with Gasteiger partial charge in [0.1, 0.15) is 11.4 Å². The van der Waals surface area contributed by atoms with Crippen molar-refractivity contribution in [2.45, 2.75) is 19.3 Å². The summed E-state index contributed by atoms with van der Waals surface area (Å²) in [4.78, 5) is 38.6. The highest BCUT2D eigenvalue weighted by atomic mass is 16.5. The second-order valence-corrected chi connectivity index (χ2v) is 9.41. The molecule has 2 saturated heterocycles. The van der Waals surface area contributed by atoms with Gasteiger partial charge in [0, 0.05) is 68.2 Å². The van der Waals surface area contributed by atoms with E-state index in [9.17, 15) is 9.59 Å². The van der Waals surface area contributed by atoms with Crippen molar-refractivity contribution in [3.63, 3.8) is 0 Å². The molecule has 4 heterocycles. The lowest BCUT2D eigenvalue weighted by Crippen LogP contribution is -2.49. The second-order valence-electron chi connectivity index (χ2n) is 9.41. The minimum atomic E-state index is 0.0438. The summed E-state index contributed by atoms with van der Waals surface area (Å²) in [5.41, 5.74) is 4.02. The maximum absolute atomic E-state index is 12.4. The summed E-state index contributed by atoms with van der Waals surface area (Å²) < 4.78 is 5.67. The van der Waals surface area contributed by atoms with Crippen LogP contribution in [-0.2, 0) is 9.59 Å². The summed E-state index contributed by atoms with van der Waals surface area (Å²) in [6.45, 7) is 4.98. The van der Waals surface area contributed by atoms with E-state index in [1.165, 1.54) is 0 Å². The van der Waals surface area contributed by atoms with E-state index in [1.54, 1.807) is 0 Å². The van der Waals surface area contributed by atoms with Crippen LogP contribution in [0.1, 0.15) is 19.3 Å². The van der Waals surface area contributed by atoms with E-state index in [0.29, 0.717) is 11.7 Å². The lowest BCUT2D eigenvalue weighted by atomic mass is 10.1. The molecule has 34 heavy (non-hydrogen) atoms. The Hall–Kier alpha value is -3.55. The second kappa shape index (κ2) is 8.66. The molecule has 0 spiro atoms. The molecule has 8 nitrogen and oxygen atoms in total. The normalized spacial score (nSPS) is 18.2. The Kier molecular flexibility index (Phi) is 5.36. The van der Waals surface area contributed by atoms with Crippen LogP contribution < -0.4 is 9.64 Å². The number of hydrogen-bond donors (Lipinski definition) is 1. The fraction of sp³-hybridized carbons (Fsp3) is 0.423. The summed E-state index contributed by atoms with van der Waals surface area (Å²) in [7, 11) is 0. The molecule has 0 unspecified atom stereocenters. The molecular weight excluding hydrogens is 430 g/mol. The number of anilines is 1. The molecule has 3 aromatic rings. The number of H-pyrrole nitrogens is 1. The molecule has 176 valence electrons. The molecule has 2 aromatic heterocycles. The maximum Gasteiger partial charge on any atom is 0.260 e. The molecule has 2 aliphatic heterocycles. The molecule has 8 heteroatoms. The summed E-state index contributed by atoms with van der Waals surface area (Å²) >= 11 is 0. The fourth-order valence-corrected chi connectivity index (χ4v) is 4.73. The van der Waals surface area contributed by atoms with E-state index < -0.39 is 0 Å². The lowest BCUT2D eigenvalue weighted by molar-refractivity contribution is -0.136. The van der Waals surface area contributed by atoms with Gasteiger partial charge in [-0.05, 0) is 61.2 Å². The average Bonchev–Trinajstić information content (AvgIpc) is 3.59. The van der Waals surface area contributed by atoms with Crippen molar-refractivity contribution in [1.29, 1.82) is 0 Å². The summed E-state index contributed by atoms with van der Waals surface area (Å²) in [5, 5.41) is 1.08. The molecular formula is C26H29N5O3. The van der Waals surface area contributed by atoms with Gasteiger partial charge in [-0.3, -0.25) is 9.59 Å². The number of amides is 2. The summed E-state index contributed by atoms with van der Waals surface area (Å²) in [6, 6.07) is 12.0. The molecule has 1 N–H and O–H groups in total. The van der Waals surface area contributed by atoms with Crippen LogP contribution in [0.4, 0.5) is 5.69 Å². The number of aromatic nitrogens is 2. The number of nitrogens with one attached hydrogen (secondary N) is 1. The third kappa shape index (κ3) is 4.08. The van der Waals surface area contributed by atoms with Crippen molar-refractivity contribution >= 4 is 28.5 Å². The highest BCUT2D eigenvalue weighted by molar-refractivity contribution is 5.94. The van der Waals surface area contributed by atoms with Crippen LogP contribution in [0, 0.1) is 5.92 Å². The number of aromatic amines is 1. The first-order valence-electron chi connectivity index (χ1n) is 12.2. The topological polar surface area (TPSA) is 81.8 Å². The first-order chi connectivity index (χ1) is 16.7. The van der Waals surface area contributed by atoms with Crippen LogP contribution in [0.2, 0.25) is 0 Å². The third-order valence-corrected chi connectivity index (χ3v) is 7.10. The van der Waals surface area contributed by atoms with Gasteiger partial charge < -0.3 is 24.4 Å². The third-order valence-electron chi connectivity index (χ3n) is 7.10. The number of carbonyl (C=O) groups is 2. The Labute approximate surface area is 198 Å². The monoisotopic (exact) mass is 459 g/mol. The smallest absolute Gasteiger partial charge is 0.260 e. The van der Waals surface area contributed by atoms with Crippen molar-refractivity contribution in [3.05, 3.63) is 42.6 Å². The van der Waals surface area contributed by atoms with Crippen molar-refractivity contribution in [2.24, 2.45) is 5.92 Å². The zero-order valence-electron chi connectivity index (χ0n) is 19.2. The highest BCUT2D eigenvalue weighted by Crippen LogP contribution is 2.33. The minimum Gasteiger partial charge on any atom is -0.484 e. The number of nitrogens with zero attached hydrogens (tertiary/aromatic N) is 4. The highest BCUT2D eigenvalue weighted by Gasteiger charge is 2.34. The van der Waals surface area contributed by atoms with E-state index >= 15 is 0 Å². The van der Waals surface area contributed by atoms with Crippen LogP contribution >= 0.6 is 0 Å². The molecule has 0 bridgehead atoms. The van der Waals surface area contributed by atoms with Crippen molar-refractivity contribution < 1.29 is 14.3 Å². The van der Waals surface area contributed by atoms with E-state index in [-0.39, 0.29) is 18.4 Å². The average molecular weight is 460 g/mol. The quantitative estimate of drug-likeness (QED) is 0.613. The molecule has 6 rings (SSSR count). The predicted octanol–water partition coefficient (Wildman–Crippen LogP) is 2.90. The van der Waals surface area contributed by atoms with Crippen molar-refractivity contribution in [3.8, 4) is 17.0 Å². The molecule has 0 atom stereocenters. The first kappa shape index (κ1) is 21.0. The standard InChI is InChI=1S/C26H29N5O3/c32-24(30-10-1-11-30)17-34-20-6-4-18(5-7-20)22-16-21-23(8-9-27-25(21)28-22)29-12-14-31(15-13-29)26(33)19-2-3-19/h4-9,16,19H,1-3,10-15,17H2,(H,27,28). The first-order valence-corrected chi connectivity index (χ1v) is 12.2. The summed E-state index contributed by atoms with van der Waals surface area (Å²) in [6.07, 6.45) is 5.03. The van der Waals surface area contributed by atoms with Crippen molar-refractivity contribution in [2.75, 3.05) is 50.8 Å². The maximum atomic E-state index is 12.4. The number of hydrogen-bond acceptors (Lipinski definition) is 5. The van der Waals surface area contributed by atoms with Gasteiger partial charge in [-0.1, -0.05) is 0 Å². The van der Waals surface area contributed by atoms with Crippen LogP contribution in [0.25, 0.3) is 22.3 Å². The van der Waals surface area contributed by atoms with Gasteiger partial charge in [-0.15, -0.1) is 0 Å². The Balaban J connectivity index is 1.14.